The Bertz CT molecular complexity index is 714. The van der Waals surface area contributed by atoms with E-state index in [0.29, 0.717) is 12.3 Å². The predicted octanol–water partition coefficient (Wildman–Crippen LogP) is 2.56. The van der Waals surface area contributed by atoms with E-state index in [9.17, 15) is 9.59 Å². The lowest BCUT2D eigenvalue weighted by Crippen LogP contribution is -2.50. The fourth-order valence-electron chi connectivity index (χ4n) is 2.97. The molecule has 7 heteroatoms. The Morgan fingerprint density at radius 1 is 1.07 bits per heavy atom. The third-order valence-electron chi connectivity index (χ3n) is 4.56. The van der Waals surface area contributed by atoms with Crippen LogP contribution in [-0.2, 0) is 10.5 Å². The molecule has 1 aromatic carbocycles. The summed E-state index contributed by atoms with van der Waals surface area (Å²) in [5, 5.41) is 6.71. The van der Waals surface area contributed by atoms with Crippen LogP contribution in [0, 0.1) is 0 Å². The van der Waals surface area contributed by atoms with Gasteiger partial charge in [0.15, 0.2) is 0 Å². The molecule has 3 rings (SSSR count). The van der Waals surface area contributed by atoms with Gasteiger partial charge in [-0.25, -0.2) is 0 Å². The van der Waals surface area contributed by atoms with Crippen molar-refractivity contribution in [3.8, 4) is 0 Å². The SMILES string of the molecule is O=C(NCCN1CCN(C(=O)CSCc2ccccc2)CC1)c1ccsc1. The molecular formula is C20H25N3O2S2. The average molecular weight is 404 g/mol. The summed E-state index contributed by atoms with van der Waals surface area (Å²) in [4.78, 5) is 28.5. The van der Waals surface area contributed by atoms with Crippen LogP contribution in [-0.4, -0.2) is 66.6 Å². The molecule has 5 nitrogen and oxygen atoms in total. The summed E-state index contributed by atoms with van der Waals surface area (Å²) >= 11 is 3.20. The van der Waals surface area contributed by atoms with Gasteiger partial charge < -0.3 is 10.2 Å². The first kappa shape index (κ1) is 19.9. The second-order valence-corrected chi connectivity index (χ2v) is 8.23. The molecule has 1 fully saturated rings. The first-order chi connectivity index (χ1) is 13.2. The molecule has 0 saturated carbocycles. The van der Waals surface area contributed by atoms with Crippen LogP contribution in [0.15, 0.2) is 47.2 Å². The summed E-state index contributed by atoms with van der Waals surface area (Å²) in [5.74, 6) is 1.61. The normalized spacial score (nSPS) is 14.9. The highest BCUT2D eigenvalue weighted by Crippen LogP contribution is 2.13. The average Bonchev–Trinajstić information content (AvgIpc) is 3.24. The molecule has 0 bridgehead atoms. The zero-order valence-electron chi connectivity index (χ0n) is 15.3. The van der Waals surface area contributed by atoms with Crippen LogP contribution in [0.2, 0.25) is 0 Å². The Hall–Kier alpha value is -1.83. The first-order valence-electron chi connectivity index (χ1n) is 9.14. The third-order valence-corrected chi connectivity index (χ3v) is 6.23. The number of nitrogens with zero attached hydrogens (tertiary/aromatic N) is 2. The minimum atomic E-state index is -0.0134. The number of thiophene rings is 1. The molecule has 0 aliphatic carbocycles. The van der Waals surface area contributed by atoms with Gasteiger partial charge in [0.2, 0.25) is 5.91 Å². The number of nitrogens with one attached hydrogen (secondary N) is 1. The second kappa shape index (κ2) is 10.5. The molecule has 27 heavy (non-hydrogen) atoms. The molecule has 1 aliphatic rings. The highest BCUT2D eigenvalue weighted by Gasteiger charge is 2.20. The highest BCUT2D eigenvalue weighted by atomic mass is 32.2. The van der Waals surface area contributed by atoms with E-state index in [4.69, 9.17) is 0 Å². The Morgan fingerprint density at radius 3 is 2.56 bits per heavy atom. The number of rotatable bonds is 8. The van der Waals surface area contributed by atoms with E-state index in [0.717, 1.165) is 44.0 Å². The van der Waals surface area contributed by atoms with Gasteiger partial charge in [-0.1, -0.05) is 30.3 Å². The van der Waals surface area contributed by atoms with Crippen molar-refractivity contribution in [1.29, 1.82) is 0 Å². The maximum absolute atomic E-state index is 12.4. The highest BCUT2D eigenvalue weighted by molar-refractivity contribution is 7.99. The van der Waals surface area contributed by atoms with Crippen LogP contribution in [0.1, 0.15) is 15.9 Å². The van der Waals surface area contributed by atoms with Gasteiger partial charge in [-0.05, 0) is 17.0 Å². The molecule has 0 spiro atoms. The lowest BCUT2D eigenvalue weighted by Gasteiger charge is -2.34. The Kier molecular flexibility index (Phi) is 7.74. The van der Waals surface area contributed by atoms with Crippen LogP contribution in [0.25, 0.3) is 0 Å². The lowest BCUT2D eigenvalue weighted by atomic mass is 10.2. The van der Waals surface area contributed by atoms with Crippen LogP contribution in [0.3, 0.4) is 0 Å². The number of carbonyl (C=O) groups is 2. The van der Waals surface area contributed by atoms with Gasteiger partial charge >= 0.3 is 0 Å². The van der Waals surface area contributed by atoms with Crippen molar-refractivity contribution in [1.82, 2.24) is 15.1 Å². The van der Waals surface area contributed by atoms with Crippen molar-refractivity contribution in [2.45, 2.75) is 5.75 Å². The minimum absolute atomic E-state index is 0.0134. The molecule has 2 amide bonds. The molecular weight excluding hydrogens is 378 g/mol. The number of thioether (sulfide) groups is 1. The number of benzene rings is 1. The number of carbonyl (C=O) groups excluding carboxylic acids is 2. The van der Waals surface area contributed by atoms with Crippen molar-refractivity contribution < 1.29 is 9.59 Å². The van der Waals surface area contributed by atoms with Gasteiger partial charge in [0.25, 0.3) is 5.91 Å². The Morgan fingerprint density at radius 2 is 1.85 bits per heavy atom. The first-order valence-corrected chi connectivity index (χ1v) is 11.2. The molecule has 1 N–H and O–H groups in total. The van der Waals surface area contributed by atoms with Crippen LogP contribution < -0.4 is 5.32 Å². The lowest BCUT2D eigenvalue weighted by molar-refractivity contribution is -0.130. The topological polar surface area (TPSA) is 52.7 Å². The largest absolute Gasteiger partial charge is 0.351 e. The summed E-state index contributed by atoms with van der Waals surface area (Å²) in [7, 11) is 0. The van der Waals surface area contributed by atoms with Gasteiger partial charge in [-0.15, -0.1) is 11.8 Å². The zero-order valence-corrected chi connectivity index (χ0v) is 16.9. The van der Waals surface area contributed by atoms with Gasteiger partial charge in [0, 0.05) is 56.0 Å². The number of hydrogen-bond donors (Lipinski definition) is 1. The smallest absolute Gasteiger partial charge is 0.252 e. The summed E-state index contributed by atoms with van der Waals surface area (Å²) in [6, 6.07) is 12.1. The van der Waals surface area contributed by atoms with Crippen molar-refractivity contribution in [3.63, 3.8) is 0 Å². The Labute approximate surface area is 168 Å². The van der Waals surface area contributed by atoms with Crippen LogP contribution in [0.4, 0.5) is 0 Å². The molecule has 1 aliphatic heterocycles. The summed E-state index contributed by atoms with van der Waals surface area (Å²) in [6.45, 7) is 4.72. The summed E-state index contributed by atoms with van der Waals surface area (Å²) in [6.07, 6.45) is 0. The Balaban J connectivity index is 1.29. The van der Waals surface area contributed by atoms with Crippen molar-refractivity contribution in [2.24, 2.45) is 0 Å². The van der Waals surface area contributed by atoms with E-state index < -0.39 is 0 Å². The third kappa shape index (κ3) is 6.37. The summed E-state index contributed by atoms with van der Waals surface area (Å²) in [5.41, 5.74) is 1.98. The minimum Gasteiger partial charge on any atom is -0.351 e. The molecule has 0 radical (unpaired) electrons. The fourth-order valence-corrected chi connectivity index (χ4v) is 4.49. The van der Waals surface area contributed by atoms with Gasteiger partial charge in [-0.2, -0.15) is 11.3 Å². The monoisotopic (exact) mass is 403 g/mol. The van der Waals surface area contributed by atoms with Crippen molar-refractivity contribution in [3.05, 3.63) is 58.3 Å². The zero-order chi connectivity index (χ0) is 18.9. The van der Waals surface area contributed by atoms with Gasteiger partial charge in [0.1, 0.15) is 0 Å². The maximum Gasteiger partial charge on any atom is 0.252 e. The molecule has 144 valence electrons. The molecule has 1 saturated heterocycles. The summed E-state index contributed by atoms with van der Waals surface area (Å²) < 4.78 is 0. The van der Waals surface area contributed by atoms with E-state index >= 15 is 0 Å². The van der Waals surface area contributed by atoms with Crippen LogP contribution >= 0.6 is 23.1 Å². The van der Waals surface area contributed by atoms with Crippen LogP contribution in [0.5, 0.6) is 0 Å². The quantitative estimate of drug-likeness (QED) is 0.736. The number of piperazine rings is 1. The molecule has 0 atom stereocenters. The number of hydrogen-bond acceptors (Lipinski definition) is 5. The van der Waals surface area contributed by atoms with Gasteiger partial charge in [-0.3, -0.25) is 14.5 Å². The van der Waals surface area contributed by atoms with Gasteiger partial charge in [0.05, 0.1) is 5.75 Å². The molecule has 0 unspecified atom stereocenters. The molecule has 2 heterocycles. The standard InChI is InChI=1S/C20H25N3O2S2/c24-19(16-27-14-17-4-2-1-3-5-17)23-11-9-22(10-12-23)8-7-21-20(25)18-6-13-26-15-18/h1-6,13,15H,7-12,14,16H2,(H,21,25). The van der Waals surface area contributed by atoms with Crippen molar-refractivity contribution in [2.75, 3.05) is 45.0 Å². The second-order valence-electron chi connectivity index (χ2n) is 6.47. The number of amides is 2. The van der Waals surface area contributed by atoms with E-state index in [1.807, 2.05) is 39.9 Å². The van der Waals surface area contributed by atoms with Crippen molar-refractivity contribution >= 4 is 34.9 Å². The fraction of sp³-hybridized carbons (Fsp3) is 0.400. The molecule has 1 aromatic heterocycles. The molecule has 2 aromatic rings. The van der Waals surface area contributed by atoms with E-state index in [2.05, 4.69) is 22.3 Å². The van der Waals surface area contributed by atoms with E-state index in [-0.39, 0.29) is 11.8 Å². The maximum atomic E-state index is 12.4. The van der Waals surface area contributed by atoms with E-state index in [1.54, 1.807) is 11.8 Å². The van der Waals surface area contributed by atoms with E-state index in [1.165, 1.54) is 16.9 Å². The predicted molar refractivity (Wildman–Crippen MR) is 112 cm³/mol.